The van der Waals surface area contributed by atoms with Crippen molar-refractivity contribution < 1.29 is 0 Å². The SMILES string of the molecule is Cc1ccc(C)c(C(N)c2c(Br)cnn2CCN(C)C)c1. The van der Waals surface area contributed by atoms with Crippen LogP contribution in [0.3, 0.4) is 0 Å². The minimum atomic E-state index is -0.177. The summed E-state index contributed by atoms with van der Waals surface area (Å²) in [5.74, 6) is 0. The second-order valence-corrected chi connectivity index (χ2v) is 6.60. The van der Waals surface area contributed by atoms with Gasteiger partial charge in [-0.25, -0.2) is 0 Å². The van der Waals surface area contributed by atoms with Crippen LogP contribution >= 0.6 is 15.9 Å². The second-order valence-electron chi connectivity index (χ2n) is 5.74. The van der Waals surface area contributed by atoms with Crippen LogP contribution in [0, 0.1) is 13.8 Å². The van der Waals surface area contributed by atoms with Gasteiger partial charge in [0.25, 0.3) is 0 Å². The van der Waals surface area contributed by atoms with Gasteiger partial charge in [0, 0.05) is 6.54 Å². The Morgan fingerprint density at radius 3 is 2.71 bits per heavy atom. The average molecular weight is 351 g/mol. The number of benzene rings is 1. The number of likely N-dealkylation sites (N-methyl/N-ethyl adjacent to an activating group) is 1. The number of aryl methyl sites for hydroxylation is 2. The summed E-state index contributed by atoms with van der Waals surface area (Å²) >= 11 is 3.59. The average Bonchev–Trinajstić information content (AvgIpc) is 2.79. The summed E-state index contributed by atoms with van der Waals surface area (Å²) in [6, 6.07) is 6.22. The molecule has 1 atom stereocenters. The standard InChI is InChI=1S/C16H23BrN4/c1-11-5-6-12(2)13(9-11)15(18)16-14(17)10-19-21(16)8-7-20(3)4/h5-6,9-10,15H,7-8,18H2,1-4H3. The van der Waals surface area contributed by atoms with Crippen molar-refractivity contribution >= 4 is 15.9 Å². The van der Waals surface area contributed by atoms with Gasteiger partial charge in [0.05, 0.1) is 29.0 Å². The molecule has 0 aliphatic rings. The number of aromatic nitrogens is 2. The third-order valence-electron chi connectivity index (χ3n) is 3.66. The van der Waals surface area contributed by atoms with Crippen LogP contribution in [-0.2, 0) is 6.54 Å². The Bertz CT molecular complexity index is 619. The fourth-order valence-corrected chi connectivity index (χ4v) is 2.94. The zero-order chi connectivity index (χ0) is 15.6. The highest BCUT2D eigenvalue weighted by Crippen LogP contribution is 2.29. The quantitative estimate of drug-likeness (QED) is 0.901. The van der Waals surface area contributed by atoms with Crippen LogP contribution in [0.1, 0.15) is 28.4 Å². The van der Waals surface area contributed by atoms with E-state index in [1.807, 2.05) is 10.9 Å². The minimum Gasteiger partial charge on any atom is -0.319 e. The predicted octanol–water partition coefficient (Wildman–Crippen LogP) is 2.87. The van der Waals surface area contributed by atoms with E-state index in [0.717, 1.165) is 28.8 Å². The molecule has 5 heteroatoms. The lowest BCUT2D eigenvalue weighted by atomic mass is 9.97. The van der Waals surface area contributed by atoms with E-state index in [1.165, 1.54) is 11.1 Å². The van der Waals surface area contributed by atoms with Crippen LogP contribution in [0.2, 0.25) is 0 Å². The highest BCUT2D eigenvalue weighted by atomic mass is 79.9. The molecule has 0 amide bonds. The summed E-state index contributed by atoms with van der Waals surface area (Å²) in [5, 5.41) is 4.45. The summed E-state index contributed by atoms with van der Waals surface area (Å²) in [7, 11) is 4.12. The number of rotatable bonds is 5. The molecule has 2 rings (SSSR count). The molecule has 0 spiro atoms. The summed E-state index contributed by atoms with van der Waals surface area (Å²) < 4.78 is 2.96. The monoisotopic (exact) mass is 350 g/mol. The van der Waals surface area contributed by atoms with Crippen molar-refractivity contribution in [2.45, 2.75) is 26.4 Å². The van der Waals surface area contributed by atoms with Gasteiger partial charge < -0.3 is 10.6 Å². The minimum absolute atomic E-state index is 0.177. The molecular weight excluding hydrogens is 328 g/mol. The first-order chi connectivity index (χ1) is 9.90. The van der Waals surface area contributed by atoms with Gasteiger partial charge >= 0.3 is 0 Å². The smallest absolute Gasteiger partial charge is 0.0739 e. The molecule has 2 N–H and O–H groups in total. The molecule has 0 aliphatic carbocycles. The maximum Gasteiger partial charge on any atom is 0.0739 e. The summed E-state index contributed by atoms with van der Waals surface area (Å²) in [5.41, 5.74) is 11.2. The number of nitrogens with two attached hydrogens (primary N) is 1. The van der Waals surface area contributed by atoms with Crippen molar-refractivity contribution in [3.05, 3.63) is 51.3 Å². The normalized spacial score (nSPS) is 12.9. The lowest BCUT2D eigenvalue weighted by molar-refractivity contribution is 0.368. The van der Waals surface area contributed by atoms with Crippen LogP contribution in [-0.4, -0.2) is 35.3 Å². The van der Waals surface area contributed by atoms with E-state index >= 15 is 0 Å². The molecule has 0 radical (unpaired) electrons. The van der Waals surface area contributed by atoms with E-state index in [-0.39, 0.29) is 6.04 Å². The lowest BCUT2D eigenvalue weighted by Crippen LogP contribution is -2.24. The predicted molar refractivity (Wildman–Crippen MR) is 90.4 cm³/mol. The molecule has 21 heavy (non-hydrogen) atoms. The molecule has 1 unspecified atom stereocenters. The van der Waals surface area contributed by atoms with E-state index in [4.69, 9.17) is 5.73 Å². The molecule has 2 aromatic rings. The fourth-order valence-electron chi connectivity index (χ4n) is 2.40. The zero-order valence-corrected chi connectivity index (χ0v) is 14.7. The van der Waals surface area contributed by atoms with Gasteiger partial charge in [0.15, 0.2) is 0 Å². The van der Waals surface area contributed by atoms with Crippen molar-refractivity contribution in [2.75, 3.05) is 20.6 Å². The van der Waals surface area contributed by atoms with Gasteiger partial charge in [0.2, 0.25) is 0 Å². The Labute approximate surface area is 135 Å². The highest BCUT2D eigenvalue weighted by Gasteiger charge is 2.20. The molecule has 4 nitrogen and oxygen atoms in total. The van der Waals surface area contributed by atoms with Crippen molar-refractivity contribution in [3.8, 4) is 0 Å². The van der Waals surface area contributed by atoms with E-state index in [9.17, 15) is 0 Å². The van der Waals surface area contributed by atoms with E-state index in [2.05, 4.69) is 72.1 Å². The van der Waals surface area contributed by atoms with Gasteiger partial charge in [0.1, 0.15) is 0 Å². The van der Waals surface area contributed by atoms with Crippen LogP contribution < -0.4 is 5.73 Å². The summed E-state index contributed by atoms with van der Waals surface area (Å²) in [4.78, 5) is 2.14. The highest BCUT2D eigenvalue weighted by molar-refractivity contribution is 9.10. The Hall–Kier alpha value is -1.17. The number of halogens is 1. The maximum atomic E-state index is 6.53. The lowest BCUT2D eigenvalue weighted by Gasteiger charge is -2.19. The van der Waals surface area contributed by atoms with Crippen molar-refractivity contribution in [1.82, 2.24) is 14.7 Å². The van der Waals surface area contributed by atoms with Crippen LogP contribution in [0.25, 0.3) is 0 Å². The van der Waals surface area contributed by atoms with Gasteiger partial charge in [-0.2, -0.15) is 5.10 Å². The maximum absolute atomic E-state index is 6.53. The van der Waals surface area contributed by atoms with Crippen molar-refractivity contribution in [1.29, 1.82) is 0 Å². The first kappa shape index (κ1) is 16.2. The number of hydrogen-bond donors (Lipinski definition) is 1. The summed E-state index contributed by atoms with van der Waals surface area (Å²) in [6.07, 6.45) is 1.83. The topological polar surface area (TPSA) is 47.1 Å². The summed E-state index contributed by atoms with van der Waals surface area (Å²) in [6.45, 7) is 5.95. The second kappa shape index (κ2) is 6.73. The molecular formula is C16H23BrN4. The van der Waals surface area contributed by atoms with Crippen LogP contribution in [0.4, 0.5) is 0 Å². The van der Waals surface area contributed by atoms with Gasteiger partial charge in [-0.05, 0) is 55.0 Å². The molecule has 114 valence electrons. The largest absolute Gasteiger partial charge is 0.319 e. The molecule has 1 heterocycles. The third kappa shape index (κ3) is 3.73. The van der Waals surface area contributed by atoms with Crippen molar-refractivity contribution in [2.24, 2.45) is 5.73 Å². The van der Waals surface area contributed by atoms with E-state index < -0.39 is 0 Å². The first-order valence-corrected chi connectivity index (χ1v) is 7.88. The van der Waals surface area contributed by atoms with E-state index in [0.29, 0.717) is 0 Å². The number of hydrogen-bond acceptors (Lipinski definition) is 3. The Morgan fingerprint density at radius 1 is 1.33 bits per heavy atom. The first-order valence-electron chi connectivity index (χ1n) is 7.09. The van der Waals surface area contributed by atoms with Gasteiger partial charge in [-0.15, -0.1) is 0 Å². The third-order valence-corrected chi connectivity index (χ3v) is 4.27. The molecule has 1 aromatic carbocycles. The van der Waals surface area contributed by atoms with Crippen molar-refractivity contribution in [3.63, 3.8) is 0 Å². The fraction of sp³-hybridized carbons (Fsp3) is 0.438. The molecule has 0 aliphatic heterocycles. The molecule has 1 aromatic heterocycles. The molecule has 0 saturated carbocycles. The van der Waals surface area contributed by atoms with Gasteiger partial charge in [-0.1, -0.05) is 23.8 Å². The molecule has 0 saturated heterocycles. The Balaban J connectivity index is 2.36. The molecule has 0 fully saturated rings. The van der Waals surface area contributed by atoms with E-state index in [1.54, 1.807) is 0 Å². The zero-order valence-electron chi connectivity index (χ0n) is 13.1. The van der Waals surface area contributed by atoms with Gasteiger partial charge in [-0.3, -0.25) is 4.68 Å². The Morgan fingerprint density at radius 2 is 2.05 bits per heavy atom. The molecule has 0 bridgehead atoms. The Kier molecular flexibility index (Phi) is 5.19. The van der Waals surface area contributed by atoms with Crippen LogP contribution in [0.5, 0.6) is 0 Å². The van der Waals surface area contributed by atoms with Crippen LogP contribution in [0.15, 0.2) is 28.9 Å². The number of nitrogens with zero attached hydrogens (tertiary/aromatic N) is 3.